The van der Waals surface area contributed by atoms with Gasteiger partial charge < -0.3 is 14.5 Å². The predicted octanol–water partition coefficient (Wildman–Crippen LogP) is 1.86. The van der Waals surface area contributed by atoms with Crippen LogP contribution in [0.15, 0.2) is 56.6 Å². The molecule has 1 N–H and O–H groups in total. The minimum Gasteiger partial charge on any atom is -0.496 e. The molecule has 10 heteroatoms. The van der Waals surface area contributed by atoms with Gasteiger partial charge in [0.25, 0.3) is 0 Å². The van der Waals surface area contributed by atoms with Crippen molar-refractivity contribution in [3.05, 3.63) is 58.6 Å². The number of nitrogens with zero attached hydrogens (tertiary/aromatic N) is 2. The first-order chi connectivity index (χ1) is 15.3. The van der Waals surface area contributed by atoms with Gasteiger partial charge in [0.15, 0.2) is 5.58 Å². The number of sulfonamides is 1. The number of carbonyl (C=O) groups excluding carboxylic acids is 1. The molecule has 0 spiro atoms. The molecule has 1 fully saturated rings. The van der Waals surface area contributed by atoms with Crippen LogP contribution in [0.4, 0.5) is 0 Å². The van der Waals surface area contributed by atoms with Crippen molar-refractivity contribution in [2.75, 3.05) is 20.2 Å². The summed E-state index contributed by atoms with van der Waals surface area (Å²) in [6.07, 6.45) is 1.19. The van der Waals surface area contributed by atoms with Gasteiger partial charge in [0, 0.05) is 38.3 Å². The number of rotatable bonds is 6. The first kappa shape index (κ1) is 22.1. The lowest BCUT2D eigenvalue weighted by Gasteiger charge is -2.31. The monoisotopic (exact) mass is 459 g/mol. The summed E-state index contributed by atoms with van der Waals surface area (Å²) >= 11 is 0. The topological polar surface area (TPSA) is 111 Å². The first-order valence-electron chi connectivity index (χ1n) is 10.3. The van der Waals surface area contributed by atoms with E-state index >= 15 is 0 Å². The Morgan fingerprint density at radius 2 is 2.03 bits per heavy atom. The number of nitrogens with one attached hydrogen (secondary N) is 1. The van der Waals surface area contributed by atoms with E-state index in [1.165, 1.54) is 21.0 Å². The Morgan fingerprint density at radius 3 is 2.81 bits per heavy atom. The fourth-order valence-electron chi connectivity index (χ4n) is 3.97. The molecule has 3 aromatic rings. The smallest absolute Gasteiger partial charge is 0.419 e. The molecule has 0 aliphatic carbocycles. The number of hydrogen-bond donors (Lipinski definition) is 1. The molecule has 0 radical (unpaired) electrons. The Balaban J connectivity index is 1.48. The number of aryl methyl sites for hydroxylation is 1. The number of benzene rings is 2. The molecule has 9 nitrogen and oxygen atoms in total. The highest BCUT2D eigenvalue weighted by Crippen LogP contribution is 2.26. The number of para-hydroxylation sites is 1. The molecule has 1 aromatic heterocycles. The maximum absolute atomic E-state index is 13.2. The summed E-state index contributed by atoms with van der Waals surface area (Å²) in [6.45, 7) is 0.724. The zero-order chi connectivity index (χ0) is 22.9. The second-order valence-electron chi connectivity index (χ2n) is 7.79. The van der Waals surface area contributed by atoms with Crippen LogP contribution in [0, 0.1) is 5.92 Å². The third-order valence-electron chi connectivity index (χ3n) is 5.80. The van der Waals surface area contributed by atoms with Crippen LogP contribution >= 0.6 is 0 Å². The van der Waals surface area contributed by atoms with E-state index in [1.807, 2.05) is 24.3 Å². The lowest BCUT2D eigenvalue weighted by molar-refractivity contribution is -0.126. The Kier molecular flexibility index (Phi) is 6.07. The molecule has 0 saturated carbocycles. The number of methoxy groups -OCH3 is 1. The number of ether oxygens (including phenoxy) is 1. The van der Waals surface area contributed by atoms with Crippen molar-refractivity contribution < 1.29 is 22.4 Å². The van der Waals surface area contributed by atoms with E-state index in [2.05, 4.69) is 5.32 Å². The van der Waals surface area contributed by atoms with Crippen LogP contribution in [-0.4, -0.2) is 43.4 Å². The van der Waals surface area contributed by atoms with Crippen molar-refractivity contribution in [1.29, 1.82) is 0 Å². The molecular weight excluding hydrogens is 434 g/mol. The molecule has 1 aliphatic rings. The van der Waals surface area contributed by atoms with E-state index in [4.69, 9.17) is 9.15 Å². The van der Waals surface area contributed by atoms with Crippen molar-refractivity contribution in [2.24, 2.45) is 13.0 Å². The summed E-state index contributed by atoms with van der Waals surface area (Å²) in [4.78, 5) is 24.5. The van der Waals surface area contributed by atoms with Gasteiger partial charge in [-0.05, 0) is 31.0 Å². The Morgan fingerprint density at radius 1 is 1.25 bits per heavy atom. The van der Waals surface area contributed by atoms with E-state index < -0.39 is 21.7 Å². The van der Waals surface area contributed by atoms with Gasteiger partial charge in [-0.2, -0.15) is 4.31 Å². The zero-order valence-electron chi connectivity index (χ0n) is 17.9. The third kappa shape index (κ3) is 4.15. The van der Waals surface area contributed by atoms with Crippen molar-refractivity contribution in [1.82, 2.24) is 14.2 Å². The summed E-state index contributed by atoms with van der Waals surface area (Å²) in [5.41, 5.74) is 1.57. The van der Waals surface area contributed by atoms with E-state index in [0.717, 1.165) is 5.56 Å². The molecular formula is C22H25N3O6S. The van der Waals surface area contributed by atoms with Gasteiger partial charge >= 0.3 is 5.76 Å². The van der Waals surface area contributed by atoms with E-state index in [-0.39, 0.29) is 22.9 Å². The van der Waals surface area contributed by atoms with Gasteiger partial charge in [0.1, 0.15) is 5.75 Å². The summed E-state index contributed by atoms with van der Waals surface area (Å²) < 4.78 is 39.5. The van der Waals surface area contributed by atoms with Crippen LogP contribution in [0.3, 0.4) is 0 Å². The normalized spacial score (nSPS) is 17.4. The quantitative estimate of drug-likeness (QED) is 0.602. The maximum Gasteiger partial charge on any atom is 0.419 e. The fraction of sp³-hybridized carbons (Fsp3) is 0.364. The molecule has 1 unspecified atom stereocenters. The van der Waals surface area contributed by atoms with Crippen LogP contribution in [0.25, 0.3) is 11.1 Å². The summed E-state index contributed by atoms with van der Waals surface area (Å²) in [6, 6.07) is 11.8. The number of amides is 1. The van der Waals surface area contributed by atoms with Gasteiger partial charge in [-0.1, -0.05) is 18.2 Å². The lowest BCUT2D eigenvalue weighted by atomic mass is 9.98. The SMILES string of the molecule is COc1ccccc1CNC(=O)C1CCCN(S(=O)(=O)c2ccc3c(c2)oc(=O)n3C)C1. The Bertz CT molecular complexity index is 1310. The van der Waals surface area contributed by atoms with Gasteiger partial charge in [-0.3, -0.25) is 9.36 Å². The molecule has 1 saturated heterocycles. The number of aromatic nitrogens is 1. The Labute approximate surface area is 185 Å². The number of piperidine rings is 1. The van der Waals surface area contributed by atoms with Crippen LogP contribution in [-0.2, 0) is 28.4 Å². The van der Waals surface area contributed by atoms with Crippen molar-refractivity contribution in [2.45, 2.75) is 24.3 Å². The largest absolute Gasteiger partial charge is 0.496 e. The average Bonchev–Trinajstić information content (AvgIpc) is 3.10. The second kappa shape index (κ2) is 8.79. The highest BCUT2D eigenvalue weighted by molar-refractivity contribution is 7.89. The first-order valence-corrected chi connectivity index (χ1v) is 11.7. The minimum absolute atomic E-state index is 0.0365. The summed E-state index contributed by atoms with van der Waals surface area (Å²) in [5.74, 6) is -0.519. The van der Waals surface area contributed by atoms with Gasteiger partial charge in [-0.15, -0.1) is 0 Å². The highest BCUT2D eigenvalue weighted by Gasteiger charge is 2.33. The number of carbonyl (C=O) groups is 1. The third-order valence-corrected chi connectivity index (χ3v) is 7.66. The van der Waals surface area contributed by atoms with Gasteiger partial charge in [-0.25, -0.2) is 13.2 Å². The van der Waals surface area contributed by atoms with Gasteiger partial charge in [0.05, 0.1) is 23.4 Å². The van der Waals surface area contributed by atoms with E-state index in [0.29, 0.717) is 37.2 Å². The van der Waals surface area contributed by atoms with Crippen molar-refractivity contribution in [3.63, 3.8) is 0 Å². The molecule has 1 aliphatic heterocycles. The van der Waals surface area contributed by atoms with E-state index in [9.17, 15) is 18.0 Å². The second-order valence-corrected chi connectivity index (χ2v) is 9.73. The molecule has 32 heavy (non-hydrogen) atoms. The summed E-state index contributed by atoms with van der Waals surface area (Å²) in [5, 5.41) is 2.90. The van der Waals surface area contributed by atoms with Crippen LogP contribution in [0.1, 0.15) is 18.4 Å². The number of oxazole rings is 1. The van der Waals surface area contributed by atoms with Crippen LogP contribution in [0.5, 0.6) is 5.75 Å². The predicted molar refractivity (Wildman–Crippen MR) is 118 cm³/mol. The van der Waals surface area contributed by atoms with Gasteiger partial charge in [0.2, 0.25) is 15.9 Å². The molecule has 4 rings (SSSR count). The van der Waals surface area contributed by atoms with Crippen LogP contribution < -0.4 is 15.8 Å². The molecule has 1 atom stereocenters. The number of fused-ring (bicyclic) bond motifs is 1. The lowest BCUT2D eigenvalue weighted by Crippen LogP contribution is -2.45. The van der Waals surface area contributed by atoms with Crippen LogP contribution in [0.2, 0.25) is 0 Å². The molecule has 170 valence electrons. The molecule has 1 amide bonds. The number of hydrogen-bond acceptors (Lipinski definition) is 6. The minimum atomic E-state index is -3.84. The molecule has 0 bridgehead atoms. The fourth-order valence-corrected chi connectivity index (χ4v) is 5.51. The van der Waals surface area contributed by atoms with E-state index in [1.54, 1.807) is 20.2 Å². The molecule has 2 heterocycles. The zero-order valence-corrected chi connectivity index (χ0v) is 18.7. The Hall–Kier alpha value is -3.11. The molecule has 2 aromatic carbocycles. The maximum atomic E-state index is 13.2. The van der Waals surface area contributed by atoms with Crippen molar-refractivity contribution >= 4 is 27.0 Å². The van der Waals surface area contributed by atoms with Crippen molar-refractivity contribution in [3.8, 4) is 5.75 Å². The summed E-state index contributed by atoms with van der Waals surface area (Å²) in [7, 11) is -0.711. The average molecular weight is 460 g/mol. The standard InChI is InChI=1S/C22H25N3O6S/c1-24-18-10-9-17(12-20(18)31-22(24)27)32(28,29)25-11-5-7-16(14-25)21(26)23-13-15-6-3-4-8-19(15)30-2/h3-4,6,8-10,12,16H,5,7,11,13-14H2,1-2H3,(H,23,26). The highest BCUT2D eigenvalue weighted by atomic mass is 32.2.